The summed E-state index contributed by atoms with van der Waals surface area (Å²) in [6, 6.07) is 9.82. The molecule has 6 nitrogen and oxygen atoms in total. The third-order valence-electron chi connectivity index (χ3n) is 4.51. The topological polar surface area (TPSA) is 91.2 Å². The second-order valence-electron chi connectivity index (χ2n) is 6.44. The van der Waals surface area contributed by atoms with E-state index in [1.165, 1.54) is 11.8 Å². The summed E-state index contributed by atoms with van der Waals surface area (Å²) in [5, 5.41) is 15.7. The number of rotatable bonds is 6. The zero-order valence-corrected chi connectivity index (χ0v) is 17.1. The molecule has 2 amide bonds. The number of hydrogen-bond donors (Lipinski definition) is 2. The van der Waals surface area contributed by atoms with Crippen molar-refractivity contribution in [2.24, 2.45) is 0 Å². The van der Waals surface area contributed by atoms with Crippen molar-refractivity contribution in [3.05, 3.63) is 44.9 Å². The van der Waals surface area contributed by atoms with Gasteiger partial charge in [0.05, 0.1) is 28.5 Å². The van der Waals surface area contributed by atoms with E-state index in [9.17, 15) is 14.9 Å². The number of allylic oxidation sites excluding steroid dienone is 1. The molecule has 2 aliphatic rings. The van der Waals surface area contributed by atoms with Gasteiger partial charge in [-0.1, -0.05) is 39.8 Å². The van der Waals surface area contributed by atoms with Crippen molar-refractivity contribution in [1.82, 2.24) is 10.6 Å². The molecule has 0 radical (unpaired) electrons. The molecule has 0 unspecified atom stereocenters. The summed E-state index contributed by atoms with van der Waals surface area (Å²) in [5.41, 5.74) is 1.39. The number of benzene rings is 1. The van der Waals surface area contributed by atoms with Crippen LogP contribution in [0.1, 0.15) is 30.7 Å². The van der Waals surface area contributed by atoms with Crippen molar-refractivity contribution in [3.63, 3.8) is 0 Å². The highest BCUT2D eigenvalue weighted by Crippen LogP contribution is 2.36. The predicted molar refractivity (Wildman–Crippen MR) is 107 cm³/mol. The monoisotopic (exact) mass is 449 g/mol. The van der Waals surface area contributed by atoms with E-state index in [1.54, 1.807) is 0 Å². The van der Waals surface area contributed by atoms with Crippen LogP contribution in [0.4, 0.5) is 0 Å². The zero-order chi connectivity index (χ0) is 19.2. The fourth-order valence-corrected chi connectivity index (χ4v) is 4.49. The lowest BCUT2D eigenvalue weighted by atomic mass is 9.87. The van der Waals surface area contributed by atoms with E-state index in [-0.39, 0.29) is 36.0 Å². The van der Waals surface area contributed by atoms with E-state index in [4.69, 9.17) is 4.74 Å². The molecule has 0 saturated carbocycles. The number of thioether (sulfide) groups is 1. The average molecular weight is 450 g/mol. The summed E-state index contributed by atoms with van der Waals surface area (Å²) < 4.78 is 6.38. The first kappa shape index (κ1) is 19.9. The molecule has 2 heterocycles. The Balaban J connectivity index is 1.67. The van der Waals surface area contributed by atoms with E-state index in [1.807, 2.05) is 24.3 Å². The van der Waals surface area contributed by atoms with Gasteiger partial charge in [0.2, 0.25) is 11.8 Å². The number of nitrogens with one attached hydrogen (secondary N) is 2. The second kappa shape index (κ2) is 9.40. The van der Waals surface area contributed by atoms with Crippen LogP contribution >= 0.6 is 27.7 Å². The summed E-state index contributed by atoms with van der Waals surface area (Å²) in [5.74, 6) is -0.460. The van der Waals surface area contributed by atoms with E-state index in [0.717, 1.165) is 29.5 Å². The van der Waals surface area contributed by atoms with E-state index in [0.29, 0.717) is 17.1 Å². The molecule has 0 spiro atoms. The molecular weight excluding hydrogens is 430 g/mol. The largest absolute Gasteiger partial charge is 0.376 e. The highest BCUT2D eigenvalue weighted by atomic mass is 79.9. The number of amides is 2. The van der Waals surface area contributed by atoms with Crippen molar-refractivity contribution < 1.29 is 14.3 Å². The van der Waals surface area contributed by atoms with Gasteiger partial charge in [0.25, 0.3) is 0 Å². The minimum atomic E-state index is -0.307. The quantitative estimate of drug-likeness (QED) is 0.696. The Morgan fingerprint density at radius 1 is 1.48 bits per heavy atom. The van der Waals surface area contributed by atoms with Crippen molar-refractivity contribution in [2.45, 2.75) is 31.3 Å². The van der Waals surface area contributed by atoms with Crippen LogP contribution in [0.15, 0.2) is 39.3 Å². The maximum absolute atomic E-state index is 12.2. The van der Waals surface area contributed by atoms with Crippen LogP contribution in [-0.2, 0) is 14.3 Å². The van der Waals surface area contributed by atoms with Crippen LogP contribution < -0.4 is 10.6 Å². The first-order valence-electron chi connectivity index (χ1n) is 8.77. The first-order chi connectivity index (χ1) is 13.1. The van der Waals surface area contributed by atoms with Gasteiger partial charge in [0.1, 0.15) is 0 Å². The van der Waals surface area contributed by atoms with Crippen LogP contribution in [0.2, 0.25) is 0 Å². The standard InChI is InChI=1S/C19H20BrN3O3S/c20-13-4-1-3-12(7-13)15-8-17(24)23-19(16(15)9-21)27-11-18(25)22-10-14-5-2-6-26-14/h1,3-4,7,14-15H,2,5-6,8,10-11H2,(H,22,25)(H,23,24)/t14-,15-/m1/s1. The molecule has 1 aromatic carbocycles. The third-order valence-corrected chi connectivity index (χ3v) is 6.02. The molecule has 1 saturated heterocycles. The Hall–Kier alpha value is -1.82. The molecule has 1 fully saturated rings. The van der Waals surface area contributed by atoms with E-state index in [2.05, 4.69) is 32.6 Å². The van der Waals surface area contributed by atoms with Gasteiger partial charge in [-0.15, -0.1) is 0 Å². The maximum Gasteiger partial charge on any atom is 0.230 e. The Labute approximate surface area is 170 Å². The lowest BCUT2D eigenvalue weighted by molar-refractivity contribution is -0.121. The highest BCUT2D eigenvalue weighted by molar-refractivity contribution is 9.10. The molecule has 0 aliphatic carbocycles. The van der Waals surface area contributed by atoms with Gasteiger partial charge in [-0.05, 0) is 30.5 Å². The van der Waals surface area contributed by atoms with Gasteiger partial charge in [-0.3, -0.25) is 9.59 Å². The molecule has 8 heteroatoms. The number of hydrogen-bond acceptors (Lipinski definition) is 5. The Bertz CT molecular complexity index is 800. The molecular formula is C19H20BrN3O3S. The SMILES string of the molecule is N#CC1=C(SCC(=O)NC[C@H]2CCCO2)NC(=O)C[C@@H]1c1cccc(Br)c1. The molecule has 0 aromatic heterocycles. The zero-order valence-electron chi connectivity index (χ0n) is 14.7. The maximum atomic E-state index is 12.2. The van der Waals surface area contributed by atoms with E-state index >= 15 is 0 Å². The minimum Gasteiger partial charge on any atom is -0.376 e. The molecule has 3 rings (SSSR count). The lowest BCUT2D eigenvalue weighted by Gasteiger charge is -2.25. The van der Waals surface area contributed by atoms with Crippen LogP contribution in [0.5, 0.6) is 0 Å². The van der Waals surface area contributed by atoms with Crippen molar-refractivity contribution >= 4 is 39.5 Å². The van der Waals surface area contributed by atoms with Gasteiger partial charge in [0, 0.05) is 30.0 Å². The number of halogens is 1. The van der Waals surface area contributed by atoms with Crippen LogP contribution in [0.3, 0.4) is 0 Å². The smallest absolute Gasteiger partial charge is 0.230 e. The van der Waals surface area contributed by atoms with Crippen LogP contribution in [-0.4, -0.2) is 36.8 Å². The number of carbonyl (C=O) groups excluding carboxylic acids is 2. The van der Waals surface area contributed by atoms with Crippen molar-refractivity contribution in [1.29, 1.82) is 5.26 Å². The Morgan fingerprint density at radius 3 is 3.04 bits per heavy atom. The van der Waals surface area contributed by atoms with Gasteiger partial charge >= 0.3 is 0 Å². The number of nitriles is 1. The summed E-state index contributed by atoms with van der Waals surface area (Å²) in [6.07, 6.45) is 2.29. The summed E-state index contributed by atoms with van der Waals surface area (Å²) in [6.45, 7) is 1.24. The third kappa shape index (κ3) is 5.34. The van der Waals surface area contributed by atoms with Gasteiger partial charge in [-0.2, -0.15) is 5.26 Å². The molecule has 2 aliphatic heterocycles. The minimum absolute atomic E-state index is 0.0862. The Kier molecular flexibility index (Phi) is 6.94. The Morgan fingerprint density at radius 2 is 2.33 bits per heavy atom. The molecule has 2 N–H and O–H groups in total. The lowest BCUT2D eigenvalue weighted by Crippen LogP contribution is -2.34. The first-order valence-corrected chi connectivity index (χ1v) is 10.6. The molecule has 27 heavy (non-hydrogen) atoms. The van der Waals surface area contributed by atoms with E-state index < -0.39 is 0 Å². The number of carbonyl (C=O) groups is 2. The van der Waals surface area contributed by atoms with Gasteiger partial charge < -0.3 is 15.4 Å². The molecule has 142 valence electrons. The number of ether oxygens (including phenoxy) is 1. The highest BCUT2D eigenvalue weighted by Gasteiger charge is 2.30. The van der Waals surface area contributed by atoms with Crippen molar-refractivity contribution in [2.75, 3.05) is 18.9 Å². The molecule has 0 bridgehead atoms. The van der Waals surface area contributed by atoms with Crippen molar-refractivity contribution in [3.8, 4) is 6.07 Å². The molecule has 2 atom stereocenters. The van der Waals surface area contributed by atoms with Gasteiger partial charge in [0.15, 0.2) is 0 Å². The van der Waals surface area contributed by atoms with Gasteiger partial charge in [-0.25, -0.2) is 0 Å². The fraction of sp³-hybridized carbons (Fsp3) is 0.421. The van der Waals surface area contributed by atoms with Crippen LogP contribution in [0, 0.1) is 11.3 Å². The summed E-state index contributed by atoms with van der Waals surface area (Å²) in [7, 11) is 0. The average Bonchev–Trinajstić information content (AvgIpc) is 3.18. The predicted octanol–water partition coefficient (Wildman–Crippen LogP) is 2.82. The number of nitrogens with zero attached hydrogens (tertiary/aromatic N) is 1. The van der Waals surface area contributed by atoms with Crippen LogP contribution in [0.25, 0.3) is 0 Å². The fourth-order valence-electron chi connectivity index (χ4n) is 3.16. The summed E-state index contributed by atoms with van der Waals surface area (Å²) >= 11 is 4.62. The molecule has 1 aromatic rings. The summed E-state index contributed by atoms with van der Waals surface area (Å²) in [4.78, 5) is 24.3. The second-order valence-corrected chi connectivity index (χ2v) is 8.34. The normalized spacial score (nSPS) is 22.3.